The smallest absolute Gasteiger partial charge is 0.273 e. The molecule has 1 aliphatic rings. The molecule has 0 aliphatic carbocycles. The number of fused-ring (bicyclic) bond motifs is 1. The Hall–Kier alpha value is -3.23. The molecule has 4 rings (SSSR count). The number of carbonyl (C=O) groups is 1. The average molecular weight is 472 g/mol. The molecule has 1 atom stereocenters. The molecule has 1 amide bonds. The van der Waals surface area contributed by atoms with Gasteiger partial charge in [-0.25, -0.2) is 0 Å². The predicted molar refractivity (Wildman–Crippen MR) is 124 cm³/mol. The van der Waals surface area contributed by atoms with Crippen molar-refractivity contribution >= 4 is 17.5 Å². The molecular formula is C24H26ClN3O5. The molecule has 9 heteroatoms. The number of aliphatic hydroxyl groups is 1. The minimum Gasteiger partial charge on any atom is -0.507 e. The molecular weight excluding hydrogens is 446 g/mol. The third-order valence-electron chi connectivity index (χ3n) is 5.62. The number of aromatic hydroxyl groups is 1. The molecule has 0 saturated heterocycles. The van der Waals surface area contributed by atoms with Crippen LogP contribution in [0.2, 0.25) is 5.02 Å². The summed E-state index contributed by atoms with van der Waals surface area (Å²) < 4.78 is 11.5. The normalized spacial score (nSPS) is 15.1. The summed E-state index contributed by atoms with van der Waals surface area (Å²) in [4.78, 5) is 14.8. The molecule has 0 spiro atoms. The van der Waals surface area contributed by atoms with E-state index in [4.69, 9.17) is 21.1 Å². The van der Waals surface area contributed by atoms with Gasteiger partial charge < -0.3 is 24.6 Å². The zero-order valence-electron chi connectivity index (χ0n) is 18.7. The summed E-state index contributed by atoms with van der Waals surface area (Å²) in [5, 5.41) is 27.9. The number of phenols is 1. The van der Waals surface area contributed by atoms with Crippen molar-refractivity contribution in [3.63, 3.8) is 0 Å². The van der Waals surface area contributed by atoms with Crippen LogP contribution in [-0.2, 0) is 0 Å². The lowest BCUT2D eigenvalue weighted by atomic mass is 9.95. The molecule has 1 aromatic heterocycles. The van der Waals surface area contributed by atoms with Gasteiger partial charge in [-0.2, -0.15) is 5.10 Å². The van der Waals surface area contributed by atoms with Crippen LogP contribution in [0.4, 0.5) is 0 Å². The summed E-state index contributed by atoms with van der Waals surface area (Å²) in [7, 11) is 0. The largest absolute Gasteiger partial charge is 0.507 e. The summed E-state index contributed by atoms with van der Waals surface area (Å²) in [6.07, 6.45) is 0. The second-order valence-corrected chi connectivity index (χ2v) is 8.08. The van der Waals surface area contributed by atoms with Crippen molar-refractivity contribution < 1.29 is 24.5 Å². The Labute approximate surface area is 196 Å². The zero-order valence-corrected chi connectivity index (χ0v) is 19.4. The molecule has 8 nitrogen and oxygen atoms in total. The third-order valence-corrected chi connectivity index (χ3v) is 6.03. The molecule has 174 valence electrons. The highest BCUT2D eigenvalue weighted by Crippen LogP contribution is 2.46. The van der Waals surface area contributed by atoms with Gasteiger partial charge in [0.15, 0.2) is 11.5 Å². The molecule has 0 fully saturated rings. The Morgan fingerprint density at radius 1 is 1.15 bits per heavy atom. The molecule has 0 bridgehead atoms. The van der Waals surface area contributed by atoms with E-state index in [-0.39, 0.29) is 24.8 Å². The number of hydrogen-bond donors (Lipinski definition) is 3. The molecule has 0 radical (unpaired) electrons. The van der Waals surface area contributed by atoms with Gasteiger partial charge in [0.1, 0.15) is 17.1 Å². The highest BCUT2D eigenvalue weighted by molar-refractivity contribution is 6.31. The first-order valence-corrected chi connectivity index (χ1v) is 11.2. The number of amides is 1. The molecule has 0 saturated carbocycles. The number of aromatic nitrogens is 2. The highest BCUT2D eigenvalue weighted by atomic mass is 35.5. The molecule has 2 heterocycles. The maximum Gasteiger partial charge on any atom is 0.273 e. The van der Waals surface area contributed by atoms with Gasteiger partial charge in [0.2, 0.25) is 0 Å². The Kier molecular flexibility index (Phi) is 6.49. The Morgan fingerprint density at radius 2 is 1.88 bits per heavy atom. The van der Waals surface area contributed by atoms with E-state index in [0.29, 0.717) is 52.3 Å². The number of carbonyl (C=O) groups excluding carboxylic acids is 1. The molecule has 2 aromatic carbocycles. The predicted octanol–water partition coefficient (Wildman–Crippen LogP) is 4.08. The number of nitrogens with zero attached hydrogens (tertiary/aromatic N) is 2. The summed E-state index contributed by atoms with van der Waals surface area (Å²) in [5.41, 5.74) is 3.26. The number of phenolic OH excluding ortho intramolecular Hbond substituents is 1. The van der Waals surface area contributed by atoms with Gasteiger partial charge in [0, 0.05) is 22.7 Å². The van der Waals surface area contributed by atoms with Crippen molar-refractivity contribution in [3.05, 3.63) is 57.7 Å². The Balaban J connectivity index is 1.90. The van der Waals surface area contributed by atoms with Crippen LogP contribution in [0, 0.1) is 6.92 Å². The minimum atomic E-state index is -0.553. The number of aliphatic hydroxyl groups excluding tert-OH is 1. The zero-order chi connectivity index (χ0) is 23.7. The summed E-state index contributed by atoms with van der Waals surface area (Å²) in [6.45, 7) is 6.44. The van der Waals surface area contributed by atoms with Gasteiger partial charge in [0.05, 0.1) is 25.9 Å². The van der Waals surface area contributed by atoms with E-state index in [1.807, 2.05) is 32.0 Å². The Morgan fingerprint density at radius 3 is 2.58 bits per heavy atom. The number of β-amino-alcohol motifs (C(OH)–C–C–N with tert-alkyl or cyclic N) is 1. The lowest BCUT2D eigenvalue weighted by Gasteiger charge is -2.26. The maximum atomic E-state index is 13.2. The number of benzene rings is 2. The minimum absolute atomic E-state index is 0.0136. The van der Waals surface area contributed by atoms with Crippen molar-refractivity contribution in [1.82, 2.24) is 15.1 Å². The van der Waals surface area contributed by atoms with E-state index < -0.39 is 6.04 Å². The van der Waals surface area contributed by atoms with Gasteiger partial charge in [0.25, 0.3) is 5.91 Å². The maximum absolute atomic E-state index is 13.2. The summed E-state index contributed by atoms with van der Waals surface area (Å²) in [5.74, 6) is 0.900. The van der Waals surface area contributed by atoms with Crippen LogP contribution in [0.25, 0.3) is 11.3 Å². The summed E-state index contributed by atoms with van der Waals surface area (Å²) >= 11 is 6.33. The number of hydrogen-bond acceptors (Lipinski definition) is 6. The van der Waals surface area contributed by atoms with Gasteiger partial charge in [-0.3, -0.25) is 9.89 Å². The standard InChI is InChI=1S/C24H26ClN3O5/c1-4-32-18-7-6-14(11-19(18)33-5-2)23-20-21(15-12-16(25)13(3)10-17(15)30)26-27-22(20)24(31)28(23)8-9-29/h6-7,10-12,23,29-30H,4-5,8-9H2,1-3H3,(H,26,27). The molecule has 1 aliphatic heterocycles. The van der Waals surface area contributed by atoms with Crippen molar-refractivity contribution in [2.45, 2.75) is 26.8 Å². The first kappa shape index (κ1) is 22.9. The molecule has 3 aromatic rings. The number of aryl methyl sites for hydroxylation is 1. The molecule has 1 unspecified atom stereocenters. The second kappa shape index (κ2) is 9.33. The van der Waals surface area contributed by atoms with Crippen LogP contribution in [-0.4, -0.2) is 57.6 Å². The second-order valence-electron chi connectivity index (χ2n) is 7.68. The first-order chi connectivity index (χ1) is 15.9. The number of aromatic amines is 1. The van der Waals surface area contributed by atoms with Crippen LogP contribution in [0.5, 0.6) is 17.2 Å². The van der Waals surface area contributed by atoms with Crippen LogP contribution >= 0.6 is 11.6 Å². The fourth-order valence-corrected chi connectivity index (χ4v) is 4.34. The van der Waals surface area contributed by atoms with Crippen LogP contribution in [0.1, 0.15) is 47.1 Å². The van der Waals surface area contributed by atoms with Crippen LogP contribution in [0.3, 0.4) is 0 Å². The van der Waals surface area contributed by atoms with Crippen LogP contribution in [0.15, 0.2) is 30.3 Å². The van der Waals surface area contributed by atoms with Crippen molar-refractivity contribution in [2.24, 2.45) is 0 Å². The van der Waals surface area contributed by atoms with E-state index in [2.05, 4.69) is 10.2 Å². The van der Waals surface area contributed by atoms with E-state index in [1.54, 1.807) is 24.0 Å². The number of ether oxygens (including phenoxy) is 2. The van der Waals surface area contributed by atoms with Crippen molar-refractivity contribution in [2.75, 3.05) is 26.4 Å². The third kappa shape index (κ3) is 4.00. The Bertz CT molecular complexity index is 1190. The lowest BCUT2D eigenvalue weighted by molar-refractivity contribution is 0.0706. The number of H-pyrrole nitrogens is 1. The monoisotopic (exact) mass is 471 g/mol. The first-order valence-electron chi connectivity index (χ1n) is 10.8. The van der Waals surface area contributed by atoms with E-state index in [9.17, 15) is 15.0 Å². The van der Waals surface area contributed by atoms with E-state index in [1.165, 1.54) is 0 Å². The molecule has 3 N–H and O–H groups in total. The van der Waals surface area contributed by atoms with Crippen molar-refractivity contribution in [1.29, 1.82) is 0 Å². The van der Waals surface area contributed by atoms with Gasteiger partial charge in [-0.1, -0.05) is 17.7 Å². The highest BCUT2D eigenvalue weighted by Gasteiger charge is 2.42. The van der Waals surface area contributed by atoms with E-state index in [0.717, 1.165) is 11.1 Å². The van der Waals surface area contributed by atoms with Crippen LogP contribution < -0.4 is 9.47 Å². The molecule has 33 heavy (non-hydrogen) atoms. The fourth-order valence-electron chi connectivity index (χ4n) is 4.18. The van der Waals surface area contributed by atoms with E-state index >= 15 is 0 Å². The van der Waals surface area contributed by atoms with Crippen molar-refractivity contribution in [3.8, 4) is 28.5 Å². The summed E-state index contributed by atoms with van der Waals surface area (Å²) in [6, 6.07) is 8.17. The van der Waals surface area contributed by atoms with Gasteiger partial charge in [-0.05, 0) is 56.2 Å². The number of halogens is 1. The topological polar surface area (TPSA) is 108 Å². The number of rotatable bonds is 8. The van der Waals surface area contributed by atoms with Gasteiger partial charge in [-0.15, -0.1) is 0 Å². The average Bonchev–Trinajstić information content (AvgIpc) is 3.32. The SMILES string of the molecule is CCOc1ccc(C2c3c(-c4cc(Cl)c(C)cc4O)n[nH]c3C(=O)N2CCO)cc1OCC. The fraction of sp³-hybridized carbons (Fsp3) is 0.333. The quantitative estimate of drug-likeness (QED) is 0.457. The number of nitrogens with one attached hydrogen (secondary N) is 1. The van der Waals surface area contributed by atoms with Gasteiger partial charge >= 0.3 is 0 Å². The lowest BCUT2D eigenvalue weighted by Crippen LogP contribution is -2.32.